The van der Waals surface area contributed by atoms with Crippen LogP contribution in [0.15, 0.2) is 60.8 Å². The predicted molar refractivity (Wildman–Crippen MR) is 172 cm³/mol. The fourth-order valence-electron chi connectivity index (χ4n) is 5.53. The number of unbranched alkanes of at least 4 members (excludes halogenated alkanes) is 1. The maximum Gasteiger partial charge on any atom is 0.508 e. The first-order valence-electron chi connectivity index (χ1n) is 16.3. The molecule has 4 rings (SSSR count). The van der Waals surface area contributed by atoms with E-state index in [9.17, 15) is 19.2 Å². The molecule has 1 atom stereocenters. The minimum absolute atomic E-state index is 0.0973. The number of esters is 1. The second-order valence-electron chi connectivity index (χ2n) is 11.7. The van der Waals surface area contributed by atoms with Gasteiger partial charge >= 0.3 is 12.1 Å². The number of carbonyl (C=O) groups excluding carboxylic acids is 4. The lowest BCUT2D eigenvalue weighted by Gasteiger charge is -2.21. The monoisotopic (exact) mass is 648 g/mol. The molecule has 1 aliphatic rings. The zero-order valence-corrected chi connectivity index (χ0v) is 26.8. The molecule has 12 nitrogen and oxygen atoms in total. The highest BCUT2D eigenvalue weighted by atomic mass is 16.7. The van der Waals surface area contributed by atoms with E-state index in [1.165, 1.54) is 6.20 Å². The van der Waals surface area contributed by atoms with Crippen LogP contribution in [0, 0.1) is 0 Å². The Hall–Kier alpha value is -4.71. The summed E-state index contributed by atoms with van der Waals surface area (Å²) in [5.74, 6) is -0.803. The molecule has 12 heteroatoms. The third-order valence-corrected chi connectivity index (χ3v) is 8.02. The predicted octanol–water partition coefficient (Wildman–Crippen LogP) is 5.15. The molecule has 0 bridgehead atoms. The SMILES string of the molecule is CCCCc1ncc(C(=O)NC(CC(=O)NO)Cc2ccccc2)n1Cc1ccc(C(=O)OCCOC(=O)OC2CCCCC2)cc1. The Labute approximate surface area is 274 Å². The van der Waals surface area contributed by atoms with Crippen LogP contribution in [0.1, 0.15) is 96.1 Å². The number of benzene rings is 2. The second kappa shape index (κ2) is 18.4. The molecule has 252 valence electrons. The van der Waals surface area contributed by atoms with E-state index < -0.39 is 30.0 Å². The first kappa shape index (κ1) is 35.1. The zero-order valence-electron chi connectivity index (χ0n) is 26.8. The van der Waals surface area contributed by atoms with E-state index in [4.69, 9.17) is 19.4 Å². The average molecular weight is 649 g/mol. The van der Waals surface area contributed by atoms with Gasteiger partial charge in [0.1, 0.15) is 30.8 Å². The number of aryl methyl sites for hydroxylation is 1. The number of imidazole rings is 1. The van der Waals surface area contributed by atoms with Crippen molar-refractivity contribution < 1.29 is 38.6 Å². The summed E-state index contributed by atoms with van der Waals surface area (Å²) in [6.07, 6.45) is 8.39. The summed E-state index contributed by atoms with van der Waals surface area (Å²) in [5.41, 5.74) is 4.08. The van der Waals surface area contributed by atoms with Crippen LogP contribution in [0.2, 0.25) is 0 Å². The van der Waals surface area contributed by atoms with Crippen LogP contribution in [0.5, 0.6) is 0 Å². The van der Waals surface area contributed by atoms with Gasteiger partial charge in [0.2, 0.25) is 5.91 Å². The third kappa shape index (κ3) is 11.2. The molecule has 0 radical (unpaired) electrons. The highest BCUT2D eigenvalue weighted by molar-refractivity contribution is 5.93. The number of hydrogen-bond acceptors (Lipinski definition) is 9. The summed E-state index contributed by atoms with van der Waals surface area (Å²) in [7, 11) is 0. The van der Waals surface area contributed by atoms with Crippen LogP contribution in [0.4, 0.5) is 4.79 Å². The molecule has 1 aromatic heterocycles. The van der Waals surface area contributed by atoms with Crippen LogP contribution >= 0.6 is 0 Å². The molecule has 2 aromatic carbocycles. The van der Waals surface area contributed by atoms with Crippen LogP contribution in [-0.4, -0.2) is 64.1 Å². The van der Waals surface area contributed by atoms with Gasteiger partial charge in [-0.05, 0) is 61.8 Å². The van der Waals surface area contributed by atoms with Crippen molar-refractivity contribution in [3.05, 3.63) is 89.0 Å². The molecule has 1 fully saturated rings. The lowest BCUT2D eigenvalue weighted by atomic mass is 9.98. The smallest absolute Gasteiger partial charge is 0.458 e. The number of aromatic nitrogens is 2. The van der Waals surface area contributed by atoms with E-state index in [0.29, 0.717) is 30.6 Å². The lowest BCUT2D eigenvalue weighted by molar-refractivity contribution is -0.129. The Morgan fingerprint density at radius 1 is 0.957 bits per heavy atom. The van der Waals surface area contributed by atoms with E-state index in [1.807, 2.05) is 34.9 Å². The highest BCUT2D eigenvalue weighted by Crippen LogP contribution is 2.21. The second-order valence-corrected chi connectivity index (χ2v) is 11.7. The molecule has 3 N–H and O–H groups in total. The van der Waals surface area contributed by atoms with E-state index in [-0.39, 0.29) is 25.7 Å². The minimum Gasteiger partial charge on any atom is -0.458 e. The summed E-state index contributed by atoms with van der Waals surface area (Å²) in [6.45, 7) is 2.21. The molecular weight excluding hydrogens is 604 g/mol. The maximum atomic E-state index is 13.6. The number of rotatable bonds is 16. The summed E-state index contributed by atoms with van der Waals surface area (Å²) in [6, 6.07) is 15.7. The highest BCUT2D eigenvalue weighted by Gasteiger charge is 2.23. The number of hydrogen-bond donors (Lipinski definition) is 3. The van der Waals surface area contributed by atoms with Gasteiger partial charge in [-0.1, -0.05) is 62.2 Å². The van der Waals surface area contributed by atoms with Gasteiger partial charge in [0.05, 0.1) is 11.8 Å². The summed E-state index contributed by atoms with van der Waals surface area (Å²) in [5, 5.41) is 12.0. The number of hydroxylamine groups is 1. The molecule has 47 heavy (non-hydrogen) atoms. The van der Waals surface area contributed by atoms with Gasteiger partial charge in [-0.2, -0.15) is 0 Å². The van der Waals surface area contributed by atoms with E-state index >= 15 is 0 Å². The van der Waals surface area contributed by atoms with Crippen LogP contribution < -0.4 is 10.8 Å². The molecule has 1 aliphatic carbocycles. The maximum absolute atomic E-state index is 13.6. The number of amides is 2. The largest absolute Gasteiger partial charge is 0.508 e. The molecule has 1 unspecified atom stereocenters. The fraction of sp³-hybridized carbons (Fsp3) is 0.457. The van der Waals surface area contributed by atoms with Gasteiger partial charge < -0.3 is 24.1 Å². The number of nitrogens with zero attached hydrogens (tertiary/aromatic N) is 2. The standard InChI is InChI=1S/C35H44N4O8/c1-2-3-14-31-36-23-30(33(41)37-28(22-32(40)38-44)21-25-10-6-4-7-11-25)39(31)24-26-15-17-27(18-16-26)34(42)45-19-20-46-35(43)47-29-12-8-5-9-13-29/h4,6-7,10-11,15-18,23,28-29,44H,2-3,5,8-9,12-14,19-22,24H2,1H3,(H,37,41)(H,38,40). The molecule has 0 spiro atoms. The topological polar surface area (TPSA) is 158 Å². The zero-order chi connectivity index (χ0) is 33.4. The number of carbonyl (C=O) groups is 4. The van der Waals surface area contributed by atoms with Crippen molar-refractivity contribution >= 4 is 23.9 Å². The molecule has 0 saturated heterocycles. The third-order valence-electron chi connectivity index (χ3n) is 8.02. The van der Waals surface area contributed by atoms with E-state index in [0.717, 1.165) is 61.9 Å². The van der Waals surface area contributed by atoms with E-state index in [1.54, 1.807) is 29.7 Å². The first-order chi connectivity index (χ1) is 22.9. The Balaban J connectivity index is 1.36. The Kier molecular flexibility index (Phi) is 13.8. The van der Waals surface area contributed by atoms with Crippen molar-refractivity contribution in [1.82, 2.24) is 20.3 Å². The van der Waals surface area contributed by atoms with Crippen molar-refractivity contribution in [2.45, 2.75) is 89.8 Å². The van der Waals surface area contributed by atoms with Crippen LogP contribution in [0.25, 0.3) is 0 Å². The van der Waals surface area contributed by atoms with Gasteiger partial charge in [-0.15, -0.1) is 0 Å². The normalized spacial score (nSPS) is 13.7. The average Bonchev–Trinajstić information content (AvgIpc) is 3.48. The number of nitrogens with one attached hydrogen (secondary N) is 2. The Morgan fingerprint density at radius 2 is 1.68 bits per heavy atom. The quantitative estimate of drug-likeness (QED) is 0.0826. The van der Waals surface area contributed by atoms with E-state index in [2.05, 4.69) is 17.2 Å². The van der Waals surface area contributed by atoms with Gasteiger partial charge in [-0.25, -0.2) is 20.1 Å². The van der Waals surface area contributed by atoms with Crippen molar-refractivity contribution in [2.24, 2.45) is 0 Å². The molecule has 3 aromatic rings. The first-order valence-corrected chi connectivity index (χ1v) is 16.3. The Bertz CT molecular complexity index is 1450. The summed E-state index contributed by atoms with van der Waals surface area (Å²) >= 11 is 0. The van der Waals surface area contributed by atoms with Crippen molar-refractivity contribution in [3.63, 3.8) is 0 Å². The van der Waals surface area contributed by atoms with Gasteiger partial charge in [-0.3, -0.25) is 14.8 Å². The van der Waals surface area contributed by atoms with Gasteiger partial charge in [0.15, 0.2) is 0 Å². The van der Waals surface area contributed by atoms with Crippen molar-refractivity contribution in [2.75, 3.05) is 13.2 Å². The Morgan fingerprint density at radius 3 is 2.38 bits per heavy atom. The van der Waals surface area contributed by atoms with Gasteiger partial charge in [0.25, 0.3) is 5.91 Å². The molecule has 1 saturated carbocycles. The molecular formula is C35H44N4O8. The molecule has 1 heterocycles. The summed E-state index contributed by atoms with van der Waals surface area (Å²) in [4.78, 5) is 54.6. The van der Waals surface area contributed by atoms with Crippen LogP contribution in [0.3, 0.4) is 0 Å². The lowest BCUT2D eigenvalue weighted by Crippen LogP contribution is -2.41. The minimum atomic E-state index is -0.745. The van der Waals surface area contributed by atoms with Crippen LogP contribution in [-0.2, 0) is 38.4 Å². The van der Waals surface area contributed by atoms with Crippen molar-refractivity contribution in [1.29, 1.82) is 0 Å². The number of ether oxygens (including phenoxy) is 3. The van der Waals surface area contributed by atoms with Crippen molar-refractivity contribution in [3.8, 4) is 0 Å². The summed E-state index contributed by atoms with van der Waals surface area (Å²) < 4.78 is 17.4. The fourth-order valence-corrected chi connectivity index (χ4v) is 5.53. The van der Waals surface area contributed by atoms with Gasteiger partial charge in [0, 0.05) is 25.4 Å². The molecule has 2 amide bonds. The molecule has 0 aliphatic heterocycles.